The van der Waals surface area contributed by atoms with Crippen molar-refractivity contribution in [3.8, 4) is 0 Å². The predicted molar refractivity (Wildman–Crippen MR) is 52.1 cm³/mol. The van der Waals surface area contributed by atoms with Crippen LogP contribution in [0, 0.1) is 0 Å². The Labute approximate surface area is 86.7 Å². The van der Waals surface area contributed by atoms with Gasteiger partial charge in [0.05, 0.1) is 11.6 Å². The normalized spacial score (nSPS) is 16.8. The van der Waals surface area contributed by atoms with E-state index in [1.54, 1.807) is 4.68 Å². The smallest absolute Gasteiger partial charge is 0.357 e. The predicted octanol–water partition coefficient (Wildman–Crippen LogP) is 1.51. The molecule has 0 aliphatic heterocycles. The van der Waals surface area contributed by atoms with Gasteiger partial charge in [-0.3, -0.25) is 9.48 Å². The Hall–Kier alpha value is -1.65. The van der Waals surface area contributed by atoms with E-state index >= 15 is 0 Å². The van der Waals surface area contributed by atoms with Crippen LogP contribution in [0.2, 0.25) is 0 Å². The van der Waals surface area contributed by atoms with E-state index < -0.39 is 5.97 Å². The largest absolute Gasteiger partial charge is 0.476 e. The van der Waals surface area contributed by atoms with Gasteiger partial charge in [-0.25, -0.2) is 4.79 Å². The van der Waals surface area contributed by atoms with Crippen molar-refractivity contribution < 1.29 is 14.7 Å². The van der Waals surface area contributed by atoms with Crippen molar-refractivity contribution in [2.75, 3.05) is 0 Å². The van der Waals surface area contributed by atoms with Gasteiger partial charge in [0, 0.05) is 6.20 Å². The first-order valence-corrected chi connectivity index (χ1v) is 5.00. The summed E-state index contributed by atoms with van der Waals surface area (Å²) in [6.45, 7) is 0. The molecule has 1 heterocycles. The van der Waals surface area contributed by atoms with Crippen LogP contribution >= 0.6 is 0 Å². The summed E-state index contributed by atoms with van der Waals surface area (Å²) < 4.78 is 1.63. The van der Waals surface area contributed by atoms with Crippen molar-refractivity contribution in [1.82, 2.24) is 9.78 Å². The number of carboxylic acids is 1. The lowest BCUT2D eigenvalue weighted by atomic mass is 10.2. The van der Waals surface area contributed by atoms with E-state index in [4.69, 9.17) is 5.11 Å². The second-order valence-corrected chi connectivity index (χ2v) is 3.77. The number of carboxylic acid groups (broad SMARTS) is 1. The Morgan fingerprint density at radius 2 is 2.20 bits per heavy atom. The molecule has 1 saturated carbocycles. The molecule has 0 amide bonds. The summed E-state index contributed by atoms with van der Waals surface area (Å²) in [6, 6.07) is 0.261. The standard InChI is InChI=1S/C10H12N2O3/c13-6-7-5-12(8-3-1-2-4-8)11-9(7)10(14)15/h5-6,8H,1-4H2,(H,14,15). The molecule has 5 heteroatoms. The van der Waals surface area contributed by atoms with E-state index in [2.05, 4.69) is 5.10 Å². The zero-order chi connectivity index (χ0) is 10.8. The molecule has 0 aromatic carbocycles. The first-order chi connectivity index (χ1) is 7.22. The average Bonchev–Trinajstić information content (AvgIpc) is 2.86. The van der Waals surface area contributed by atoms with E-state index in [-0.39, 0.29) is 17.3 Å². The maximum absolute atomic E-state index is 10.8. The molecule has 1 aromatic heterocycles. The number of rotatable bonds is 3. The van der Waals surface area contributed by atoms with E-state index in [0.717, 1.165) is 25.7 Å². The van der Waals surface area contributed by atoms with Gasteiger partial charge >= 0.3 is 5.97 Å². The minimum Gasteiger partial charge on any atom is -0.476 e. The number of aromatic nitrogens is 2. The SMILES string of the molecule is O=Cc1cn(C2CCCC2)nc1C(=O)O. The van der Waals surface area contributed by atoms with Gasteiger partial charge in [0.25, 0.3) is 0 Å². The fourth-order valence-electron chi connectivity index (χ4n) is 2.01. The van der Waals surface area contributed by atoms with Crippen molar-refractivity contribution in [1.29, 1.82) is 0 Å². The summed E-state index contributed by atoms with van der Waals surface area (Å²) in [5.74, 6) is -1.14. The molecule has 0 bridgehead atoms. The van der Waals surface area contributed by atoms with Crippen molar-refractivity contribution in [3.63, 3.8) is 0 Å². The van der Waals surface area contributed by atoms with Gasteiger partial charge in [-0.2, -0.15) is 5.10 Å². The van der Waals surface area contributed by atoms with Crippen LogP contribution in [0.4, 0.5) is 0 Å². The van der Waals surface area contributed by atoms with Gasteiger partial charge in [0.15, 0.2) is 12.0 Å². The number of aldehydes is 1. The minimum atomic E-state index is -1.14. The number of carbonyl (C=O) groups is 2. The van der Waals surface area contributed by atoms with Crippen LogP contribution in [0.5, 0.6) is 0 Å². The van der Waals surface area contributed by atoms with Crippen LogP contribution in [-0.2, 0) is 0 Å². The van der Waals surface area contributed by atoms with Crippen LogP contribution in [0.25, 0.3) is 0 Å². The Morgan fingerprint density at radius 3 is 2.67 bits per heavy atom. The lowest BCUT2D eigenvalue weighted by Crippen LogP contribution is -2.07. The molecule has 1 aliphatic rings. The highest BCUT2D eigenvalue weighted by atomic mass is 16.4. The molecular formula is C10H12N2O3. The monoisotopic (exact) mass is 208 g/mol. The first kappa shape index (κ1) is 9.89. The van der Waals surface area contributed by atoms with E-state index in [0.29, 0.717) is 6.29 Å². The molecule has 0 saturated heterocycles. The van der Waals surface area contributed by atoms with Crippen molar-refractivity contribution >= 4 is 12.3 Å². The topological polar surface area (TPSA) is 72.2 Å². The van der Waals surface area contributed by atoms with E-state index in [9.17, 15) is 9.59 Å². The zero-order valence-electron chi connectivity index (χ0n) is 8.22. The average molecular weight is 208 g/mol. The second-order valence-electron chi connectivity index (χ2n) is 3.77. The lowest BCUT2D eigenvalue weighted by molar-refractivity contribution is 0.0686. The maximum atomic E-state index is 10.8. The number of hydrogen-bond donors (Lipinski definition) is 1. The lowest BCUT2D eigenvalue weighted by Gasteiger charge is -2.08. The van der Waals surface area contributed by atoms with Crippen molar-refractivity contribution in [3.05, 3.63) is 17.5 Å². The molecule has 0 atom stereocenters. The molecular weight excluding hydrogens is 196 g/mol. The first-order valence-electron chi connectivity index (χ1n) is 5.00. The molecule has 0 radical (unpaired) electrons. The van der Waals surface area contributed by atoms with Gasteiger partial charge in [-0.1, -0.05) is 12.8 Å². The van der Waals surface area contributed by atoms with E-state index in [1.165, 1.54) is 6.20 Å². The van der Waals surface area contributed by atoms with Crippen LogP contribution in [0.3, 0.4) is 0 Å². The highest BCUT2D eigenvalue weighted by Gasteiger charge is 2.22. The summed E-state index contributed by atoms with van der Waals surface area (Å²) in [5.41, 5.74) is 0.0197. The third kappa shape index (κ3) is 1.77. The quantitative estimate of drug-likeness (QED) is 0.764. The Kier molecular flexibility index (Phi) is 2.53. The zero-order valence-corrected chi connectivity index (χ0v) is 8.22. The summed E-state index contributed by atoms with van der Waals surface area (Å²) in [7, 11) is 0. The molecule has 5 nitrogen and oxygen atoms in total. The van der Waals surface area contributed by atoms with E-state index in [1.807, 2.05) is 0 Å². The molecule has 1 N–H and O–H groups in total. The van der Waals surface area contributed by atoms with Gasteiger partial charge in [0.2, 0.25) is 0 Å². The summed E-state index contributed by atoms with van der Waals surface area (Å²) >= 11 is 0. The highest BCUT2D eigenvalue weighted by molar-refractivity contribution is 5.95. The fourth-order valence-corrected chi connectivity index (χ4v) is 2.01. The Bertz CT molecular complexity index is 391. The number of hydrogen-bond acceptors (Lipinski definition) is 3. The summed E-state index contributed by atoms with van der Waals surface area (Å²) in [5, 5.41) is 12.8. The number of carbonyl (C=O) groups excluding carboxylic acids is 1. The molecule has 15 heavy (non-hydrogen) atoms. The van der Waals surface area contributed by atoms with Crippen molar-refractivity contribution in [2.24, 2.45) is 0 Å². The maximum Gasteiger partial charge on any atom is 0.357 e. The van der Waals surface area contributed by atoms with Crippen LogP contribution < -0.4 is 0 Å². The number of nitrogens with zero attached hydrogens (tertiary/aromatic N) is 2. The third-order valence-electron chi connectivity index (χ3n) is 2.79. The van der Waals surface area contributed by atoms with Crippen LogP contribution in [0.15, 0.2) is 6.20 Å². The fraction of sp³-hybridized carbons (Fsp3) is 0.500. The molecule has 80 valence electrons. The second kappa shape index (κ2) is 3.84. The Balaban J connectivity index is 2.33. The van der Waals surface area contributed by atoms with Gasteiger partial charge in [-0.05, 0) is 12.8 Å². The number of aromatic carboxylic acids is 1. The highest BCUT2D eigenvalue weighted by Crippen LogP contribution is 2.29. The third-order valence-corrected chi connectivity index (χ3v) is 2.79. The Morgan fingerprint density at radius 1 is 1.53 bits per heavy atom. The summed E-state index contributed by atoms with van der Waals surface area (Å²) in [4.78, 5) is 21.4. The van der Waals surface area contributed by atoms with Gasteiger partial charge < -0.3 is 5.11 Å². The van der Waals surface area contributed by atoms with Crippen molar-refractivity contribution in [2.45, 2.75) is 31.7 Å². The molecule has 2 rings (SSSR count). The van der Waals surface area contributed by atoms with Gasteiger partial charge in [0.1, 0.15) is 0 Å². The molecule has 1 aromatic rings. The van der Waals surface area contributed by atoms with Crippen LogP contribution in [-0.4, -0.2) is 27.1 Å². The molecule has 1 aliphatic carbocycles. The molecule has 0 spiro atoms. The summed E-state index contributed by atoms with van der Waals surface area (Å²) in [6.07, 6.45) is 6.39. The molecule has 1 fully saturated rings. The van der Waals surface area contributed by atoms with Gasteiger partial charge in [-0.15, -0.1) is 0 Å². The molecule has 0 unspecified atom stereocenters. The minimum absolute atomic E-state index is 0.142. The van der Waals surface area contributed by atoms with Crippen LogP contribution in [0.1, 0.15) is 52.6 Å².